The van der Waals surface area contributed by atoms with E-state index < -0.39 is 0 Å². The molecule has 0 saturated carbocycles. The largest absolute Gasteiger partial charge is 0.385 e. The van der Waals surface area contributed by atoms with Gasteiger partial charge in [0.2, 0.25) is 0 Å². The van der Waals surface area contributed by atoms with Gasteiger partial charge in [-0.2, -0.15) is 0 Å². The molecule has 2 heteroatoms. The van der Waals surface area contributed by atoms with Crippen LogP contribution >= 0.6 is 0 Å². The third-order valence-corrected chi connectivity index (χ3v) is 3.15. The first-order valence-corrected chi connectivity index (χ1v) is 6.11. The zero-order valence-electron chi connectivity index (χ0n) is 9.88. The van der Waals surface area contributed by atoms with E-state index in [2.05, 4.69) is 23.5 Å². The number of carbonyl (C=O) groups excluding carboxylic acids is 1. The molecule has 16 heavy (non-hydrogen) atoms. The Labute approximate surface area is 97.1 Å². The van der Waals surface area contributed by atoms with Crippen LogP contribution in [0, 0.1) is 0 Å². The lowest BCUT2D eigenvalue weighted by Gasteiger charge is -2.17. The smallest absolute Gasteiger partial charge is 0.131 e. The Morgan fingerprint density at radius 3 is 2.75 bits per heavy atom. The number of carbonyl (C=O) groups is 1. The van der Waals surface area contributed by atoms with E-state index in [-0.39, 0.29) is 5.78 Å². The summed E-state index contributed by atoms with van der Waals surface area (Å²) < 4.78 is 0. The SMILES string of the molecule is CC(=O)CCNc1ccc2c(c1)CCCC2. The second-order valence-electron chi connectivity index (χ2n) is 4.57. The fraction of sp³-hybridized carbons (Fsp3) is 0.500. The van der Waals surface area contributed by atoms with Crippen molar-refractivity contribution in [3.63, 3.8) is 0 Å². The highest BCUT2D eigenvalue weighted by Crippen LogP contribution is 2.24. The van der Waals surface area contributed by atoms with Crippen LogP contribution in [0.5, 0.6) is 0 Å². The fourth-order valence-electron chi connectivity index (χ4n) is 2.23. The van der Waals surface area contributed by atoms with Gasteiger partial charge in [0.25, 0.3) is 0 Å². The average molecular weight is 217 g/mol. The summed E-state index contributed by atoms with van der Waals surface area (Å²) in [5, 5.41) is 3.31. The minimum Gasteiger partial charge on any atom is -0.385 e. The Morgan fingerprint density at radius 2 is 2.00 bits per heavy atom. The Balaban J connectivity index is 1.97. The number of aryl methyl sites for hydroxylation is 2. The summed E-state index contributed by atoms with van der Waals surface area (Å²) in [5.74, 6) is 0.241. The fourth-order valence-corrected chi connectivity index (χ4v) is 2.23. The van der Waals surface area contributed by atoms with E-state index in [0.717, 1.165) is 12.2 Å². The van der Waals surface area contributed by atoms with Gasteiger partial charge in [0.1, 0.15) is 5.78 Å². The van der Waals surface area contributed by atoms with E-state index in [1.165, 1.54) is 36.8 Å². The summed E-state index contributed by atoms with van der Waals surface area (Å²) in [4.78, 5) is 10.8. The van der Waals surface area contributed by atoms with Crippen molar-refractivity contribution < 1.29 is 4.79 Å². The van der Waals surface area contributed by atoms with Crippen molar-refractivity contribution in [3.05, 3.63) is 29.3 Å². The number of anilines is 1. The van der Waals surface area contributed by atoms with Crippen LogP contribution in [0.15, 0.2) is 18.2 Å². The van der Waals surface area contributed by atoms with Crippen molar-refractivity contribution in [1.29, 1.82) is 0 Å². The van der Waals surface area contributed by atoms with Crippen LogP contribution in [-0.4, -0.2) is 12.3 Å². The third-order valence-electron chi connectivity index (χ3n) is 3.15. The van der Waals surface area contributed by atoms with Crippen LogP contribution in [0.2, 0.25) is 0 Å². The predicted molar refractivity (Wildman–Crippen MR) is 66.9 cm³/mol. The van der Waals surface area contributed by atoms with Gasteiger partial charge in [-0.3, -0.25) is 4.79 Å². The topological polar surface area (TPSA) is 29.1 Å². The normalized spacial score (nSPS) is 14.3. The maximum absolute atomic E-state index is 10.8. The van der Waals surface area contributed by atoms with Crippen LogP contribution in [-0.2, 0) is 17.6 Å². The van der Waals surface area contributed by atoms with E-state index in [1.54, 1.807) is 6.92 Å². The van der Waals surface area contributed by atoms with Crippen LogP contribution in [0.25, 0.3) is 0 Å². The van der Waals surface area contributed by atoms with E-state index in [1.807, 2.05) is 0 Å². The summed E-state index contributed by atoms with van der Waals surface area (Å²) in [6, 6.07) is 6.60. The van der Waals surface area contributed by atoms with E-state index in [0.29, 0.717) is 6.42 Å². The maximum atomic E-state index is 10.8. The lowest BCUT2D eigenvalue weighted by Crippen LogP contribution is -2.08. The molecule has 1 aliphatic rings. The minimum absolute atomic E-state index is 0.241. The lowest BCUT2D eigenvalue weighted by atomic mass is 9.91. The zero-order chi connectivity index (χ0) is 11.4. The summed E-state index contributed by atoms with van der Waals surface area (Å²) >= 11 is 0. The molecular formula is C14H19NO. The average Bonchev–Trinajstić information content (AvgIpc) is 2.28. The van der Waals surface area contributed by atoms with Gasteiger partial charge in [-0.1, -0.05) is 6.07 Å². The summed E-state index contributed by atoms with van der Waals surface area (Å²) in [5.41, 5.74) is 4.14. The lowest BCUT2D eigenvalue weighted by molar-refractivity contribution is -0.116. The van der Waals surface area contributed by atoms with Crippen LogP contribution < -0.4 is 5.32 Å². The standard InChI is InChI=1S/C14H19NO/c1-11(16)8-9-15-14-7-6-12-4-2-3-5-13(12)10-14/h6-7,10,15H,2-5,8-9H2,1H3. The van der Waals surface area contributed by atoms with Gasteiger partial charge in [0.05, 0.1) is 0 Å². The predicted octanol–water partition coefficient (Wildman–Crippen LogP) is 2.96. The highest BCUT2D eigenvalue weighted by atomic mass is 16.1. The first-order valence-electron chi connectivity index (χ1n) is 6.11. The zero-order valence-corrected chi connectivity index (χ0v) is 9.88. The molecule has 1 aliphatic carbocycles. The Kier molecular flexibility index (Phi) is 3.60. The van der Waals surface area contributed by atoms with Gasteiger partial charge in [-0.05, 0) is 55.9 Å². The molecule has 0 bridgehead atoms. The number of rotatable bonds is 4. The highest BCUT2D eigenvalue weighted by molar-refractivity contribution is 5.76. The van der Waals surface area contributed by atoms with Crippen molar-refractivity contribution in [1.82, 2.24) is 0 Å². The third kappa shape index (κ3) is 2.84. The minimum atomic E-state index is 0.241. The summed E-state index contributed by atoms with van der Waals surface area (Å²) in [6.45, 7) is 2.38. The first kappa shape index (κ1) is 11.2. The van der Waals surface area contributed by atoms with Crippen molar-refractivity contribution in [2.24, 2.45) is 0 Å². The number of benzene rings is 1. The molecule has 0 unspecified atom stereocenters. The van der Waals surface area contributed by atoms with Crippen LogP contribution in [0.4, 0.5) is 5.69 Å². The molecule has 1 aromatic carbocycles. The Bertz CT molecular complexity index is 384. The molecule has 1 N–H and O–H groups in total. The van der Waals surface area contributed by atoms with Gasteiger partial charge in [-0.25, -0.2) is 0 Å². The molecule has 0 saturated heterocycles. The van der Waals surface area contributed by atoms with Crippen molar-refractivity contribution in [3.8, 4) is 0 Å². The molecule has 0 aliphatic heterocycles. The molecule has 0 fully saturated rings. The van der Waals surface area contributed by atoms with E-state index in [9.17, 15) is 4.79 Å². The van der Waals surface area contributed by atoms with Crippen molar-refractivity contribution >= 4 is 11.5 Å². The van der Waals surface area contributed by atoms with Gasteiger partial charge < -0.3 is 5.32 Å². The van der Waals surface area contributed by atoms with Crippen molar-refractivity contribution in [2.75, 3.05) is 11.9 Å². The summed E-state index contributed by atoms with van der Waals surface area (Å²) in [6.07, 6.45) is 5.67. The molecule has 0 spiro atoms. The van der Waals surface area contributed by atoms with E-state index >= 15 is 0 Å². The number of hydrogen-bond acceptors (Lipinski definition) is 2. The Morgan fingerprint density at radius 1 is 1.25 bits per heavy atom. The highest BCUT2D eigenvalue weighted by Gasteiger charge is 2.09. The van der Waals surface area contributed by atoms with Crippen molar-refractivity contribution in [2.45, 2.75) is 39.0 Å². The summed E-state index contributed by atoms with van der Waals surface area (Å²) in [7, 11) is 0. The number of nitrogens with one attached hydrogen (secondary N) is 1. The number of hydrogen-bond donors (Lipinski definition) is 1. The Hall–Kier alpha value is -1.31. The molecule has 0 amide bonds. The molecule has 1 aromatic rings. The van der Waals surface area contributed by atoms with Gasteiger partial charge >= 0.3 is 0 Å². The van der Waals surface area contributed by atoms with Crippen LogP contribution in [0.3, 0.4) is 0 Å². The number of ketones is 1. The second kappa shape index (κ2) is 5.15. The second-order valence-corrected chi connectivity index (χ2v) is 4.57. The van der Waals surface area contributed by atoms with Crippen LogP contribution in [0.1, 0.15) is 37.3 Å². The molecule has 0 atom stereocenters. The first-order chi connectivity index (χ1) is 7.75. The molecular weight excluding hydrogens is 198 g/mol. The molecule has 0 aromatic heterocycles. The van der Waals surface area contributed by atoms with Gasteiger partial charge in [0, 0.05) is 18.7 Å². The van der Waals surface area contributed by atoms with E-state index in [4.69, 9.17) is 0 Å². The van der Waals surface area contributed by atoms with Gasteiger partial charge in [0.15, 0.2) is 0 Å². The quantitative estimate of drug-likeness (QED) is 0.840. The monoisotopic (exact) mass is 217 g/mol. The molecule has 2 rings (SSSR count). The van der Waals surface area contributed by atoms with Gasteiger partial charge in [-0.15, -0.1) is 0 Å². The number of Topliss-reactive ketones (excluding diaryl/α,β-unsaturated/α-hetero) is 1. The number of fused-ring (bicyclic) bond motifs is 1. The molecule has 0 heterocycles. The molecule has 0 radical (unpaired) electrons. The molecule has 2 nitrogen and oxygen atoms in total. The molecule has 86 valence electrons. The maximum Gasteiger partial charge on any atom is 0.131 e.